The fourth-order valence-electron chi connectivity index (χ4n) is 4.87. The van der Waals surface area contributed by atoms with E-state index in [2.05, 4.69) is 146 Å². The van der Waals surface area contributed by atoms with Crippen molar-refractivity contribution in [3.05, 3.63) is 224 Å². The Labute approximate surface area is 337 Å². The Balaban J connectivity index is 0.000000772. The molecule has 0 aliphatic rings. The third kappa shape index (κ3) is 19.8. The van der Waals surface area contributed by atoms with Gasteiger partial charge in [-0.15, -0.1) is 5.73 Å². The molecule has 0 aromatic heterocycles. The van der Waals surface area contributed by atoms with Gasteiger partial charge in [0, 0.05) is 24.4 Å². The fraction of sp³-hybridized carbons (Fsp3) is 0.196. The molecule has 0 bridgehead atoms. The van der Waals surface area contributed by atoms with E-state index in [1.54, 1.807) is 12.2 Å². The number of rotatable bonds is 13. The zero-order valence-corrected chi connectivity index (χ0v) is 35.4. The number of allylic oxidation sites excluding steroid dienone is 12. The third-order valence-corrected chi connectivity index (χ3v) is 11.2. The van der Waals surface area contributed by atoms with Crippen LogP contribution in [0.15, 0.2) is 233 Å². The Bertz CT molecular complexity index is 1690. The summed E-state index contributed by atoms with van der Waals surface area (Å²) in [4.78, 5) is 4.20. The molecule has 0 spiro atoms. The Morgan fingerprint density at radius 2 is 1.18 bits per heavy atom. The van der Waals surface area contributed by atoms with E-state index in [4.69, 9.17) is 11.5 Å². The van der Waals surface area contributed by atoms with Crippen LogP contribution in [0.4, 0.5) is 5.69 Å². The van der Waals surface area contributed by atoms with Crippen LogP contribution in [0, 0.1) is 0 Å². The van der Waals surface area contributed by atoms with E-state index in [9.17, 15) is 0 Å². The van der Waals surface area contributed by atoms with E-state index in [1.165, 1.54) is 32.1 Å². The Hall–Kier alpha value is -5.67. The van der Waals surface area contributed by atoms with E-state index in [-0.39, 0.29) is 0 Å². The number of nitrogens with two attached hydrogens (primary N) is 2. The van der Waals surface area contributed by atoms with Crippen LogP contribution in [0.1, 0.15) is 59.4 Å². The minimum atomic E-state index is -1.18. The molecule has 3 nitrogen and oxygen atoms in total. The van der Waals surface area contributed by atoms with E-state index in [0.717, 1.165) is 12.1 Å². The molecule has 4 aromatic carbocycles. The van der Waals surface area contributed by atoms with E-state index >= 15 is 0 Å². The van der Waals surface area contributed by atoms with Crippen LogP contribution < -0.4 is 16.8 Å². The lowest BCUT2D eigenvalue weighted by Crippen LogP contribution is -2.01. The average molecular weight is 754 g/mol. The van der Waals surface area contributed by atoms with Crippen molar-refractivity contribution in [1.29, 1.82) is 0 Å². The molecular formula is C51H67N3S. The monoisotopic (exact) mass is 754 g/mol. The molecule has 292 valence electrons. The lowest BCUT2D eigenvalue weighted by atomic mass is 9.99. The summed E-state index contributed by atoms with van der Waals surface area (Å²) >= 11 is 0. The third-order valence-electron chi connectivity index (χ3n) is 7.59. The summed E-state index contributed by atoms with van der Waals surface area (Å²) in [6.07, 6.45) is 29.3. The van der Waals surface area contributed by atoms with Crippen molar-refractivity contribution in [2.45, 2.75) is 68.6 Å². The summed E-state index contributed by atoms with van der Waals surface area (Å²) in [7, 11) is 0.774. The highest BCUT2D eigenvalue weighted by Crippen LogP contribution is 2.65. The van der Waals surface area contributed by atoms with Crippen LogP contribution >= 0.6 is 10.0 Å². The molecule has 55 heavy (non-hydrogen) atoms. The van der Waals surface area contributed by atoms with E-state index in [0.29, 0.717) is 5.92 Å². The van der Waals surface area contributed by atoms with Crippen LogP contribution in [0.25, 0.3) is 0 Å². The molecule has 0 radical (unpaired) electrons. The van der Waals surface area contributed by atoms with Gasteiger partial charge in [0.15, 0.2) is 0 Å². The summed E-state index contributed by atoms with van der Waals surface area (Å²) in [5, 5.41) is 3.19. The largest absolute Gasteiger partial charge is 0.405 e. The van der Waals surface area contributed by atoms with Gasteiger partial charge in [-0.1, -0.05) is 169 Å². The van der Waals surface area contributed by atoms with Crippen molar-refractivity contribution < 1.29 is 0 Å². The first-order valence-electron chi connectivity index (χ1n) is 19.1. The molecule has 0 aliphatic carbocycles. The number of hydrogen-bond donors (Lipinski definition) is 3. The molecule has 1 atom stereocenters. The SMILES string of the molecule is C=C\C=C/C=C\C(N)=C\C/C=C/C=C\C=C/N.CC.CC.CC=C=CC(C)c1ccccc1NC.CS(c1ccccc1)(c1ccccc1)c1ccccc1. The number of hydrogen-bond acceptors (Lipinski definition) is 3. The molecule has 0 saturated carbocycles. The van der Waals surface area contributed by atoms with Gasteiger partial charge in [-0.05, 0) is 113 Å². The maximum atomic E-state index is 5.75. The van der Waals surface area contributed by atoms with Gasteiger partial charge in [-0.3, -0.25) is 0 Å². The molecule has 5 N–H and O–H groups in total. The first-order valence-corrected chi connectivity index (χ1v) is 21.1. The summed E-state index contributed by atoms with van der Waals surface area (Å²) in [5.74, 6) is 0.398. The van der Waals surface area contributed by atoms with Crippen LogP contribution in [-0.4, -0.2) is 13.3 Å². The molecule has 1 unspecified atom stereocenters. The molecule has 0 saturated heterocycles. The smallest absolute Gasteiger partial charge is 0.0376 e. The van der Waals surface area contributed by atoms with Gasteiger partial charge in [0.1, 0.15) is 0 Å². The molecule has 4 aromatic rings. The fourth-order valence-corrected chi connectivity index (χ4v) is 7.79. The summed E-state index contributed by atoms with van der Waals surface area (Å²) in [6, 6.07) is 40.9. The standard InChI is InChI=1S/C19H18S.C15H20N2.C13H17N.2C2H6/c1-20(17-11-5-2-6-12-17,18-13-7-3-8-14-18)19-15-9-4-10-16-19;1-2-3-4-9-12-15(17)13-10-7-5-6-8-11-14-16;1-4-5-8-11(2)12-9-6-7-10-13(12)14-3;2*1-2/h2-16H,1H3;2-9,11-14H,1,10,16-17H2;4,6-11,14H,1-3H3;2*1-2H3/b;4-3-,7-5+,8-6-,12-9-,14-11-,15-13-;;;. The van der Waals surface area contributed by atoms with Crippen LogP contribution in [0.3, 0.4) is 0 Å². The number of anilines is 1. The maximum Gasteiger partial charge on any atom is 0.0376 e. The van der Waals surface area contributed by atoms with Crippen molar-refractivity contribution in [3.8, 4) is 0 Å². The zero-order valence-electron chi connectivity index (χ0n) is 34.6. The normalized spacial score (nSPS) is 11.8. The van der Waals surface area contributed by atoms with Crippen molar-refractivity contribution in [2.24, 2.45) is 11.5 Å². The summed E-state index contributed by atoms with van der Waals surface area (Å²) in [5.41, 5.74) is 17.3. The summed E-state index contributed by atoms with van der Waals surface area (Å²) < 4.78 is 0. The van der Waals surface area contributed by atoms with Crippen LogP contribution in [0.5, 0.6) is 0 Å². The highest BCUT2D eigenvalue weighted by Gasteiger charge is 2.25. The predicted octanol–water partition coefficient (Wildman–Crippen LogP) is 14.3. The van der Waals surface area contributed by atoms with Gasteiger partial charge in [-0.2, -0.15) is 10.0 Å². The first-order chi connectivity index (χ1) is 26.9. The molecule has 4 rings (SSSR count). The molecule has 0 aliphatic heterocycles. The lowest BCUT2D eigenvalue weighted by Gasteiger charge is -2.37. The van der Waals surface area contributed by atoms with Crippen molar-refractivity contribution in [1.82, 2.24) is 0 Å². The maximum absolute atomic E-state index is 5.75. The van der Waals surface area contributed by atoms with Gasteiger partial charge >= 0.3 is 0 Å². The molecule has 0 heterocycles. The second-order valence-electron chi connectivity index (χ2n) is 11.2. The lowest BCUT2D eigenvalue weighted by molar-refractivity contribution is 0.970. The Morgan fingerprint density at radius 1 is 0.709 bits per heavy atom. The highest BCUT2D eigenvalue weighted by atomic mass is 32.3. The van der Waals surface area contributed by atoms with Gasteiger partial charge in [0.05, 0.1) is 0 Å². The predicted molar refractivity (Wildman–Crippen MR) is 250 cm³/mol. The Morgan fingerprint density at radius 3 is 1.65 bits per heavy atom. The average Bonchev–Trinajstić information content (AvgIpc) is 3.26. The second kappa shape index (κ2) is 32.9. The topological polar surface area (TPSA) is 64.1 Å². The minimum absolute atomic E-state index is 0.398. The molecule has 0 fully saturated rings. The van der Waals surface area contributed by atoms with Gasteiger partial charge in [-0.25, -0.2) is 0 Å². The number of benzene rings is 4. The second-order valence-corrected chi connectivity index (χ2v) is 14.5. The van der Waals surface area contributed by atoms with Crippen molar-refractivity contribution in [3.63, 3.8) is 0 Å². The van der Waals surface area contributed by atoms with Gasteiger partial charge in [0.2, 0.25) is 0 Å². The van der Waals surface area contributed by atoms with Gasteiger partial charge < -0.3 is 16.8 Å². The van der Waals surface area contributed by atoms with Gasteiger partial charge in [0.25, 0.3) is 0 Å². The summed E-state index contributed by atoms with van der Waals surface area (Å²) in [6.45, 7) is 15.7. The van der Waals surface area contributed by atoms with Crippen LogP contribution in [0.2, 0.25) is 0 Å². The van der Waals surface area contributed by atoms with E-state index in [1.807, 2.05) is 108 Å². The number of para-hydroxylation sites is 1. The van der Waals surface area contributed by atoms with Crippen molar-refractivity contribution in [2.75, 3.05) is 18.6 Å². The van der Waals surface area contributed by atoms with Crippen molar-refractivity contribution >= 4 is 15.7 Å². The van der Waals surface area contributed by atoms with E-state index < -0.39 is 10.0 Å². The first kappa shape index (κ1) is 49.3. The molecule has 4 heteroatoms. The molecule has 0 amide bonds. The quantitative estimate of drug-likeness (QED) is 0.0941. The highest BCUT2D eigenvalue weighted by molar-refractivity contribution is 8.33. The Kier molecular flexibility index (Phi) is 29.5. The molecular weight excluding hydrogens is 687 g/mol. The van der Waals surface area contributed by atoms with Crippen LogP contribution in [-0.2, 0) is 0 Å². The zero-order chi connectivity index (χ0) is 41.0. The number of nitrogens with one attached hydrogen (secondary N) is 1. The minimum Gasteiger partial charge on any atom is -0.405 e.